The summed E-state index contributed by atoms with van der Waals surface area (Å²) in [4.78, 5) is 28.2. The van der Waals surface area contributed by atoms with E-state index in [9.17, 15) is 9.59 Å². The first-order valence-corrected chi connectivity index (χ1v) is 5.09. The molecule has 0 aliphatic heterocycles. The van der Waals surface area contributed by atoms with E-state index in [0.717, 1.165) is 0 Å². The van der Waals surface area contributed by atoms with Crippen molar-refractivity contribution in [2.75, 3.05) is 26.4 Å². The van der Waals surface area contributed by atoms with Gasteiger partial charge in [0, 0.05) is 12.4 Å². The van der Waals surface area contributed by atoms with E-state index in [1.54, 1.807) is 13.8 Å². The van der Waals surface area contributed by atoms with Crippen LogP contribution in [-0.2, 0) is 14.2 Å². The van der Waals surface area contributed by atoms with Gasteiger partial charge < -0.3 is 14.2 Å². The minimum absolute atomic E-state index is 0.108. The number of nitrogens with zero attached hydrogens (tertiary/aromatic N) is 2. The van der Waals surface area contributed by atoms with Crippen molar-refractivity contribution in [3.05, 3.63) is 0 Å². The van der Waals surface area contributed by atoms with Gasteiger partial charge in [0.15, 0.2) is 0 Å². The van der Waals surface area contributed by atoms with Gasteiger partial charge in [-0.3, -0.25) is 0 Å². The summed E-state index contributed by atoms with van der Waals surface area (Å²) in [5.74, 6) is 0. The average Bonchev–Trinajstić information content (AvgIpc) is 2.28. The van der Waals surface area contributed by atoms with E-state index in [4.69, 9.17) is 4.74 Å². The third-order valence-electron chi connectivity index (χ3n) is 1.38. The van der Waals surface area contributed by atoms with Crippen LogP contribution in [0.3, 0.4) is 0 Å². The fraction of sp³-hybridized carbons (Fsp3) is 0.600. The summed E-state index contributed by atoms with van der Waals surface area (Å²) in [5, 5.41) is 0. The maximum atomic E-state index is 10.7. The second-order valence-corrected chi connectivity index (χ2v) is 2.62. The Kier molecular flexibility index (Phi) is 9.64. The molecule has 0 aromatic carbocycles. The van der Waals surface area contributed by atoms with Gasteiger partial charge in [0.2, 0.25) is 0 Å². The number of aliphatic imine (C=N–C) groups is 2. The molecule has 7 nitrogen and oxygen atoms in total. The van der Waals surface area contributed by atoms with E-state index in [1.807, 2.05) is 0 Å². The Bertz CT molecular complexity index is 260. The van der Waals surface area contributed by atoms with Gasteiger partial charge in [-0.15, -0.1) is 0 Å². The topological polar surface area (TPSA) is 86.5 Å². The number of hydrogen-bond acceptors (Lipinski definition) is 5. The molecular formula is C10H16N2O5. The maximum Gasteiger partial charge on any atom is 0.433 e. The summed E-state index contributed by atoms with van der Waals surface area (Å²) in [6, 6.07) is 0. The minimum Gasteiger partial charge on any atom is -0.445 e. The van der Waals surface area contributed by atoms with Crippen LogP contribution in [0, 0.1) is 0 Å². The summed E-state index contributed by atoms with van der Waals surface area (Å²) in [6.07, 6.45) is 1.38. The average molecular weight is 244 g/mol. The third kappa shape index (κ3) is 10.5. The lowest BCUT2D eigenvalue weighted by Crippen LogP contribution is -2.12. The van der Waals surface area contributed by atoms with E-state index < -0.39 is 12.2 Å². The van der Waals surface area contributed by atoms with Gasteiger partial charge in [-0.25, -0.2) is 9.59 Å². The Balaban J connectivity index is 3.30. The second kappa shape index (κ2) is 10.7. The lowest BCUT2D eigenvalue weighted by atomic mass is 10.7. The smallest absolute Gasteiger partial charge is 0.433 e. The largest absolute Gasteiger partial charge is 0.445 e. The molecule has 0 aromatic rings. The third-order valence-corrected chi connectivity index (χ3v) is 1.38. The van der Waals surface area contributed by atoms with Crippen molar-refractivity contribution in [1.29, 1.82) is 0 Å². The summed E-state index contributed by atoms with van der Waals surface area (Å²) in [5.41, 5.74) is 0. The predicted octanol–water partition coefficient (Wildman–Crippen LogP) is 1.46. The predicted molar refractivity (Wildman–Crippen MR) is 61.8 cm³/mol. The summed E-state index contributed by atoms with van der Waals surface area (Å²) < 4.78 is 14.3. The molecule has 0 heterocycles. The summed E-state index contributed by atoms with van der Waals surface area (Å²) in [6.45, 7) is 3.89. The van der Waals surface area contributed by atoms with Gasteiger partial charge in [-0.2, -0.15) is 9.98 Å². The Hall–Kier alpha value is -1.76. The lowest BCUT2D eigenvalue weighted by molar-refractivity contribution is 0.0497. The van der Waals surface area contributed by atoms with Crippen LogP contribution in [0.15, 0.2) is 9.98 Å². The Labute approximate surface area is 99.5 Å². The van der Waals surface area contributed by atoms with E-state index in [-0.39, 0.29) is 26.4 Å². The summed E-state index contributed by atoms with van der Waals surface area (Å²) >= 11 is 0. The molecule has 0 saturated heterocycles. The number of hydrogen-bond donors (Lipinski definition) is 0. The van der Waals surface area contributed by atoms with E-state index in [2.05, 4.69) is 19.5 Å². The van der Waals surface area contributed by atoms with Crippen LogP contribution in [0.25, 0.3) is 0 Å². The second-order valence-electron chi connectivity index (χ2n) is 2.62. The number of carbonyl (C=O) groups is 2. The molecule has 0 rings (SSSR count). The highest BCUT2D eigenvalue weighted by atomic mass is 16.6. The Morgan fingerprint density at radius 2 is 1.29 bits per heavy atom. The van der Waals surface area contributed by atoms with Crippen LogP contribution in [0.2, 0.25) is 0 Å². The van der Waals surface area contributed by atoms with E-state index in [0.29, 0.717) is 0 Å². The zero-order valence-electron chi connectivity index (χ0n) is 9.92. The van der Waals surface area contributed by atoms with Crippen molar-refractivity contribution in [2.45, 2.75) is 13.8 Å². The normalized spacial score (nSPS) is 10.9. The molecule has 96 valence electrons. The van der Waals surface area contributed by atoms with Gasteiger partial charge in [-0.05, 0) is 13.8 Å². The molecule has 0 saturated carbocycles. The van der Waals surface area contributed by atoms with Gasteiger partial charge in [0.05, 0.1) is 13.2 Å². The lowest BCUT2D eigenvalue weighted by Gasteiger charge is -2.04. The Morgan fingerprint density at radius 3 is 1.65 bits per heavy atom. The monoisotopic (exact) mass is 244 g/mol. The standard InChI is InChI=1S/C10H16N2O5/c1-3-11-9(13)16-7-5-15-6-8-17-10(14)12-4-2/h3-4H,5-8H2,1-2H3. The van der Waals surface area contributed by atoms with Crippen molar-refractivity contribution in [3.63, 3.8) is 0 Å². The van der Waals surface area contributed by atoms with Crippen LogP contribution in [0.5, 0.6) is 0 Å². The van der Waals surface area contributed by atoms with Crippen LogP contribution in [0.1, 0.15) is 13.8 Å². The molecule has 0 radical (unpaired) electrons. The highest BCUT2D eigenvalue weighted by Crippen LogP contribution is 1.86. The molecular weight excluding hydrogens is 228 g/mol. The van der Waals surface area contributed by atoms with Crippen LogP contribution < -0.4 is 0 Å². The van der Waals surface area contributed by atoms with Crippen molar-refractivity contribution < 1.29 is 23.8 Å². The zero-order valence-corrected chi connectivity index (χ0v) is 9.92. The first-order chi connectivity index (χ1) is 8.20. The highest BCUT2D eigenvalue weighted by molar-refractivity contribution is 5.78. The molecule has 7 heteroatoms. The first kappa shape index (κ1) is 15.2. The first-order valence-electron chi connectivity index (χ1n) is 5.09. The van der Waals surface area contributed by atoms with Crippen LogP contribution >= 0.6 is 0 Å². The zero-order chi connectivity index (χ0) is 12.9. The molecule has 0 atom stereocenters. The molecule has 0 spiro atoms. The Morgan fingerprint density at radius 1 is 0.882 bits per heavy atom. The molecule has 0 bridgehead atoms. The number of rotatable bonds is 6. The van der Waals surface area contributed by atoms with Gasteiger partial charge in [-0.1, -0.05) is 0 Å². The fourth-order valence-electron chi connectivity index (χ4n) is 0.763. The van der Waals surface area contributed by atoms with Crippen molar-refractivity contribution in [3.8, 4) is 0 Å². The highest BCUT2D eigenvalue weighted by Gasteiger charge is 1.99. The quantitative estimate of drug-likeness (QED) is 0.521. The van der Waals surface area contributed by atoms with Gasteiger partial charge in [0.25, 0.3) is 0 Å². The maximum absolute atomic E-state index is 10.7. The molecule has 17 heavy (non-hydrogen) atoms. The molecule has 0 aliphatic carbocycles. The van der Waals surface area contributed by atoms with Crippen LogP contribution in [0.4, 0.5) is 9.59 Å². The SMILES string of the molecule is CC=NC(=O)OCCOCCOC(=O)N=CC. The number of carbonyl (C=O) groups excluding carboxylic acids is 2. The summed E-state index contributed by atoms with van der Waals surface area (Å²) in [7, 11) is 0. The molecule has 2 amide bonds. The van der Waals surface area contributed by atoms with Gasteiger partial charge in [0.1, 0.15) is 13.2 Å². The van der Waals surface area contributed by atoms with Crippen molar-refractivity contribution in [1.82, 2.24) is 0 Å². The van der Waals surface area contributed by atoms with Crippen molar-refractivity contribution in [2.24, 2.45) is 9.98 Å². The number of amides is 2. The van der Waals surface area contributed by atoms with E-state index >= 15 is 0 Å². The molecule has 0 aliphatic rings. The number of ether oxygens (including phenoxy) is 3. The van der Waals surface area contributed by atoms with Crippen molar-refractivity contribution >= 4 is 24.6 Å². The van der Waals surface area contributed by atoms with Gasteiger partial charge >= 0.3 is 12.2 Å². The molecule has 0 unspecified atom stereocenters. The molecule has 0 fully saturated rings. The minimum atomic E-state index is -0.653. The molecule has 0 aromatic heterocycles. The van der Waals surface area contributed by atoms with E-state index in [1.165, 1.54) is 12.4 Å². The molecule has 0 N–H and O–H groups in total. The fourth-order valence-corrected chi connectivity index (χ4v) is 0.763. The van der Waals surface area contributed by atoms with Crippen LogP contribution in [-0.4, -0.2) is 51.0 Å².